The molecule has 17 heavy (non-hydrogen) atoms. The average molecular weight is 238 g/mol. The first-order valence-corrected chi connectivity index (χ1v) is 4.46. The zero-order valence-corrected chi connectivity index (χ0v) is 9.18. The van der Waals surface area contributed by atoms with Crippen molar-refractivity contribution in [3.8, 4) is 0 Å². The topological polar surface area (TPSA) is 184 Å². The number of hydrogen-bond acceptors (Lipinski definition) is 6. The first-order valence-electron chi connectivity index (χ1n) is 4.46. The van der Waals surface area contributed by atoms with Crippen LogP contribution in [0.5, 0.6) is 0 Å². The monoisotopic (exact) mass is 238 g/mol. The van der Waals surface area contributed by atoms with Gasteiger partial charge in [-0.15, -0.1) is 0 Å². The lowest BCUT2D eigenvalue weighted by atomic mass is 10.3. The zero-order chi connectivity index (χ0) is 13.2. The first-order chi connectivity index (χ1) is 7.84. The fraction of sp³-hybridized carbons (Fsp3) is 0.143. The highest BCUT2D eigenvalue weighted by molar-refractivity contribution is 5.92. The van der Waals surface area contributed by atoms with E-state index in [9.17, 15) is 0 Å². The third-order valence-corrected chi connectivity index (χ3v) is 1.90. The van der Waals surface area contributed by atoms with Crippen molar-refractivity contribution in [2.45, 2.75) is 6.92 Å². The Morgan fingerprint density at radius 1 is 1.18 bits per heavy atom. The van der Waals surface area contributed by atoms with Crippen LogP contribution in [0.25, 0.3) is 0 Å². The molecule has 0 aliphatic rings. The van der Waals surface area contributed by atoms with Gasteiger partial charge in [0, 0.05) is 11.8 Å². The molecule has 0 atom stereocenters. The number of guanidine groups is 2. The molecule has 1 aromatic heterocycles. The maximum atomic E-state index is 7.20. The lowest BCUT2D eigenvalue weighted by Crippen LogP contribution is -2.45. The van der Waals surface area contributed by atoms with E-state index in [1.165, 1.54) is 6.20 Å². The van der Waals surface area contributed by atoms with Crippen molar-refractivity contribution < 1.29 is 0 Å². The van der Waals surface area contributed by atoms with Gasteiger partial charge in [-0.2, -0.15) is 4.98 Å². The number of hydrazine groups is 2. The summed E-state index contributed by atoms with van der Waals surface area (Å²) in [5.41, 5.74) is 11.0. The number of hydrogen-bond donors (Lipinski definition) is 6. The van der Waals surface area contributed by atoms with Crippen molar-refractivity contribution in [3.63, 3.8) is 0 Å². The van der Waals surface area contributed by atoms with Gasteiger partial charge in [-0.1, -0.05) is 0 Å². The Kier molecular flexibility index (Phi) is 3.40. The SMILES string of the molecule is Cc1cnc(N(N)C(=N)N)nc1N(N)C(=N)N. The fourth-order valence-corrected chi connectivity index (χ4v) is 1.01. The molecule has 0 saturated heterocycles. The Bertz CT molecular complexity index is 454. The summed E-state index contributed by atoms with van der Waals surface area (Å²) in [6.07, 6.45) is 1.43. The van der Waals surface area contributed by atoms with E-state index in [-0.39, 0.29) is 17.7 Å². The van der Waals surface area contributed by atoms with Crippen LogP contribution < -0.4 is 33.2 Å². The van der Waals surface area contributed by atoms with Crippen LogP contribution in [0.1, 0.15) is 5.56 Å². The van der Waals surface area contributed by atoms with Gasteiger partial charge in [-0.25, -0.2) is 26.7 Å². The minimum atomic E-state index is -0.425. The average Bonchev–Trinajstić information content (AvgIpc) is 2.27. The lowest BCUT2D eigenvalue weighted by molar-refractivity contribution is 0.947. The molecule has 0 bridgehead atoms. The summed E-state index contributed by atoms with van der Waals surface area (Å²) >= 11 is 0. The fourth-order valence-electron chi connectivity index (χ4n) is 1.01. The summed E-state index contributed by atoms with van der Waals surface area (Å²) in [6, 6.07) is 0. The van der Waals surface area contributed by atoms with Crippen LogP contribution in [0.2, 0.25) is 0 Å². The smallest absolute Gasteiger partial charge is 0.249 e. The Labute approximate surface area is 97.2 Å². The molecule has 1 rings (SSSR count). The summed E-state index contributed by atoms with van der Waals surface area (Å²) in [7, 11) is 0. The molecule has 0 aliphatic carbocycles. The molecule has 10 N–H and O–H groups in total. The van der Waals surface area contributed by atoms with Crippen LogP contribution in [-0.4, -0.2) is 21.9 Å². The largest absolute Gasteiger partial charge is 0.369 e. The summed E-state index contributed by atoms with van der Waals surface area (Å²) in [6.45, 7) is 1.69. The number of nitrogens with one attached hydrogen (secondary N) is 2. The van der Waals surface area contributed by atoms with Crippen molar-refractivity contribution >= 4 is 23.7 Å². The third-order valence-electron chi connectivity index (χ3n) is 1.90. The number of rotatable bonds is 2. The molecule has 1 heterocycles. The quantitative estimate of drug-likeness (QED) is 0.147. The maximum Gasteiger partial charge on any atom is 0.249 e. The molecular weight excluding hydrogens is 224 g/mol. The Hall–Kier alpha value is -2.46. The second-order valence-corrected chi connectivity index (χ2v) is 3.19. The van der Waals surface area contributed by atoms with Gasteiger partial charge in [0.2, 0.25) is 17.9 Å². The van der Waals surface area contributed by atoms with E-state index in [4.69, 9.17) is 34.0 Å². The van der Waals surface area contributed by atoms with Crippen LogP contribution in [0.3, 0.4) is 0 Å². The van der Waals surface area contributed by atoms with Gasteiger partial charge in [-0.3, -0.25) is 10.8 Å². The van der Waals surface area contributed by atoms with Gasteiger partial charge >= 0.3 is 0 Å². The zero-order valence-electron chi connectivity index (χ0n) is 9.18. The second kappa shape index (κ2) is 4.59. The number of aromatic nitrogens is 2. The Morgan fingerprint density at radius 3 is 2.18 bits per heavy atom. The summed E-state index contributed by atoms with van der Waals surface area (Å²) in [5.74, 6) is 10.4. The minimum absolute atomic E-state index is 0.0187. The van der Waals surface area contributed by atoms with Gasteiger partial charge in [0.1, 0.15) is 0 Å². The molecule has 10 heteroatoms. The summed E-state index contributed by atoms with van der Waals surface area (Å²) in [4.78, 5) is 7.84. The molecule has 0 spiro atoms. The van der Waals surface area contributed by atoms with E-state index in [1.54, 1.807) is 6.92 Å². The van der Waals surface area contributed by atoms with Gasteiger partial charge in [0.05, 0.1) is 0 Å². The minimum Gasteiger partial charge on any atom is -0.369 e. The normalized spacial score (nSPS) is 9.82. The van der Waals surface area contributed by atoms with Crippen LogP contribution in [-0.2, 0) is 0 Å². The highest BCUT2D eigenvalue weighted by Gasteiger charge is 2.15. The second-order valence-electron chi connectivity index (χ2n) is 3.19. The van der Waals surface area contributed by atoms with Crippen LogP contribution >= 0.6 is 0 Å². The van der Waals surface area contributed by atoms with E-state index in [2.05, 4.69) is 9.97 Å². The highest BCUT2D eigenvalue weighted by atomic mass is 15.5. The van der Waals surface area contributed by atoms with Crippen molar-refractivity contribution in [1.82, 2.24) is 9.97 Å². The van der Waals surface area contributed by atoms with E-state index < -0.39 is 5.96 Å². The first kappa shape index (κ1) is 12.6. The van der Waals surface area contributed by atoms with Crippen molar-refractivity contribution in [2.24, 2.45) is 23.2 Å². The van der Waals surface area contributed by atoms with Crippen LogP contribution in [0, 0.1) is 17.7 Å². The molecule has 0 unspecified atom stereocenters. The molecule has 10 nitrogen and oxygen atoms in total. The van der Waals surface area contributed by atoms with Gasteiger partial charge < -0.3 is 11.5 Å². The molecule has 0 fully saturated rings. The van der Waals surface area contributed by atoms with Crippen molar-refractivity contribution in [3.05, 3.63) is 11.8 Å². The van der Waals surface area contributed by atoms with Gasteiger partial charge in [0.25, 0.3) is 0 Å². The predicted octanol–water partition coefficient (Wildman–Crippen LogP) is -2.07. The van der Waals surface area contributed by atoms with E-state index in [1.807, 2.05) is 0 Å². The lowest BCUT2D eigenvalue weighted by Gasteiger charge is -2.19. The third kappa shape index (κ3) is 2.56. The Morgan fingerprint density at radius 2 is 1.71 bits per heavy atom. The van der Waals surface area contributed by atoms with E-state index >= 15 is 0 Å². The molecule has 0 saturated carbocycles. The highest BCUT2D eigenvalue weighted by Crippen LogP contribution is 2.15. The summed E-state index contributed by atoms with van der Waals surface area (Å²) in [5, 5.41) is 16.0. The molecule has 0 amide bonds. The molecule has 92 valence electrons. The molecule has 0 aromatic carbocycles. The molecule has 0 aliphatic heterocycles. The number of nitrogens with two attached hydrogens (primary N) is 4. The molecule has 0 radical (unpaired) electrons. The number of nitrogens with zero attached hydrogens (tertiary/aromatic N) is 4. The molecular formula is C7H14N10. The van der Waals surface area contributed by atoms with Crippen LogP contribution in [0.15, 0.2) is 6.20 Å². The van der Waals surface area contributed by atoms with E-state index in [0.717, 1.165) is 10.0 Å². The van der Waals surface area contributed by atoms with Gasteiger partial charge in [-0.05, 0) is 6.92 Å². The predicted molar refractivity (Wildman–Crippen MR) is 63.9 cm³/mol. The van der Waals surface area contributed by atoms with E-state index in [0.29, 0.717) is 5.56 Å². The summed E-state index contributed by atoms with van der Waals surface area (Å²) < 4.78 is 0. The van der Waals surface area contributed by atoms with Crippen LogP contribution in [0.4, 0.5) is 11.8 Å². The number of aryl methyl sites for hydroxylation is 1. The van der Waals surface area contributed by atoms with Gasteiger partial charge in [0.15, 0.2) is 5.82 Å². The standard InChI is InChI=1S/C7H14N10/c1-3-2-14-7(17(13)6(10)11)15-4(3)16(12)5(8)9/h2H,12-13H2,1H3,(H3,8,9)(H3,10,11). The maximum absolute atomic E-state index is 7.20. The number of anilines is 2. The van der Waals surface area contributed by atoms with Crippen molar-refractivity contribution in [1.29, 1.82) is 10.8 Å². The molecule has 1 aromatic rings. The van der Waals surface area contributed by atoms with Crippen molar-refractivity contribution in [2.75, 3.05) is 10.0 Å². The Balaban J connectivity index is 3.19.